The zero-order valence-corrected chi connectivity index (χ0v) is 16.6. The van der Waals surface area contributed by atoms with Crippen LogP contribution in [0.4, 0.5) is 13.2 Å². The van der Waals surface area contributed by atoms with E-state index in [2.05, 4.69) is 4.98 Å². The number of hydrogen-bond acceptors (Lipinski definition) is 4. The van der Waals surface area contributed by atoms with Crippen LogP contribution in [0.1, 0.15) is 60.4 Å². The van der Waals surface area contributed by atoms with E-state index in [0.29, 0.717) is 38.2 Å². The van der Waals surface area contributed by atoms with Crippen LogP contribution in [0, 0.1) is 19.8 Å². The number of amides is 1. The molecule has 0 N–H and O–H groups in total. The topological polar surface area (TPSA) is 59.7 Å². The molecule has 2 fully saturated rings. The monoisotopic (exact) mass is 410 g/mol. The van der Waals surface area contributed by atoms with E-state index in [1.807, 2.05) is 19.9 Å². The Hall–Kier alpha value is -2.16. The maximum atomic E-state index is 13.0. The van der Waals surface area contributed by atoms with Gasteiger partial charge in [0, 0.05) is 24.2 Å². The lowest BCUT2D eigenvalue weighted by atomic mass is 9.80. The molecule has 2 aliphatic rings. The van der Waals surface area contributed by atoms with Crippen LogP contribution in [0.5, 0.6) is 0 Å². The van der Waals surface area contributed by atoms with E-state index < -0.39 is 12.1 Å². The fourth-order valence-electron chi connectivity index (χ4n) is 4.47. The zero-order valence-electron chi connectivity index (χ0n) is 16.6. The predicted molar refractivity (Wildman–Crippen MR) is 99.5 cm³/mol. The highest BCUT2D eigenvalue weighted by atomic mass is 19.4. The molecule has 158 valence electrons. The molecule has 29 heavy (non-hydrogen) atoms. The molecule has 4 rings (SSSR count). The van der Waals surface area contributed by atoms with Crippen LogP contribution in [0.3, 0.4) is 0 Å². The highest BCUT2D eigenvalue weighted by Crippen LogP contribution is 2.42. The van der Waals surface area contributed by atoms with Gasteiger partial charge >= 0.3 is 6.18 Å². The van der Waals surface area contributed by atoms with Crippen LogP contribution < -0.4 is 0 Å². The Morgan fingerprint density at radius 3 is 2.59 bits per heavy atom. The van der Waals surface area contributed by atoms with Gasteiger partial charge in [-0.3, -0.25) is 4.79 Å². The van der Waals surface area contributed by atoms with Gasteiger partial charge in [-0.05, 0) is 45.1 Å². The number of carbonyl (C=O) groups excluding carboxylic acids is 1. The summed E-state index contributed by atoms with van der Waals surface area (Å²) in [4.78, 5) is 17.5. The number of alkyl halides is 3. The minimum atomic E-state index is -4.12. The van der Waals surface area contributed by atoms with Gasteiger partial charge in [0.2, 0.25) is 6.41 Å². The Morgan fingerprint density at radius 1 is 1.21 bits per heavy atom. The molecule has 0 radical (unpaired) electrons. The molecule has 6 nitrogen and oxygen atoms in total. The van der Waals surface area contributed by atoms with Crippen molar-refractivity contribution in [3.05, 3.63) is 28.7 Å². The number of aromatic nitrogens is 3. The molecule has 1 saturated heterocycles. The maximum Gasteiger partial charge on any atom is 0.391 e. The third-order valence-electron chi connectivity index (χ3n) is 6.31. The van der Waals surface area contributed by atoms with Gasteiger partial charge in [-0.2, -0.15) is 18.3 Å². The number of fused-ring (bicyclic) bond motifs is 1. The smallest absolute Gasteiger partial charge is 0.368 e. The summed E-state index contributed by atoms with van der Waals surface area (Å²) in [6, 6.07) is 1.88. The third kappa shape index (κ3) is 3.84. The normalized spacial score (nSPS) is 26.1. The average molecular weight is 410 g/mol. The number of aryl methyl sites for hydroxylation is 1. The Bertz CT molecular complexity index is 903. The second-order valence-corrected chi connectivity index (χ2v) is 8.10. The van der Waals surface area contributed by atoms with Crippen molar-refractivity contribution in [2.75, 3.05) is 19.7 Å². The summed E-state index contributed by atoms with van der Waals surface area (Å²) in [6.45, 7) is 5.31. The summed E-state index contributed by atoms with van der Waals surface area (Å²) in [5, 5.41) is 4.74. The fourth-order valence-corrected chi connectivity index (χ4v) is 4.47. The molecular formula is C20H25F3N4O2. The Kier molecular flexibility index (Phi) is 5.27. The maximum absolute atomic E-state index is 13.0. The van der Waals surface area contributed by atoms with Crippen LogP contribution in [-0.2, 0) is 9.53 Å². The Balaban J connectivity index is 1.65. The zero-order chi connectivity index (χ0) is 20.8. The lowest BCUT2D eigenvalue weighted by Crippen LogP contribution is -2.38. The summed E-state index contributed by atoms with van der Waals surface area (Å²) in [5.41, 5.74) is 4.11. The Labute approximate surface area is 167 Å². The molecule has 0 spiro atoms. The van der Waals surface area contributed by atoms with Crippen molar-refractivity contribution in [3.63, 3.8) is 0 Å². The first-order chi connectivity index (χ1) is 13.8. The van der Waals surface area contributed by atoms with Gasteiger partial charge in [-0.15, -0.1) is 0 Å². The van der Waals surface area contributed by atoms with E-state index in [1.165, 1.54) is 0 Å². The average Bonchev–Trinajstić information content (AvgIpc) is 3.11. The first-order valence-electron chi connectivity index (χ1n) is 10.0. The summed E-state index contributed by atoms with van der Waals surface area (Å²) in [5.74, 6) is -1.21. The number of morpholine rings is 1. The molecule has 1 unspecified atom stereocenters. The van der Waals surface area contributed by atoms with Crippen LogP contribution in [0.15, 0.2) is 6.07 Å². The second-order valence-electron chi connectivity index (χ2n) is 8.10. The number of hydrogen-bond donors (Lipinski definition) is 0. The summed E-state index contributed by atoms with van der Waals surface area (Å²) in [7, 11) is 0. The van der Waals surface area contributed by atoms with Gasteiger partial charge in [0.05, 0.1) is 30.5 Å². The summed E-state index contributed by atoms with van der Waals surface area (Å²) in [6.07, 6.45) is -2.38. The molecule has 0 aromatic carbocycles. The van der Waals surface area contributed by atoms with Crippen molar-refractivity contribution in [1.82, 2.24) is 19.5 Å². The lowest BCUT2D eigenvalue weighted by Gasteiger charge is -2.31. The van der Waals surface area contributed by atoms with Gasteiger partial charge in [-0.1, -0.05) is 0 Å². The molecule has 1 saturated carbocycles. The van der Waals surface area contributed by atoms with Crippen molar-refractivity contribution < 1.29 is 22.7 Å². The minimum absolute atomic E-state index is 0.00232. The minimum Gasteiger partial charge on any atom is -0.368 e. The molecule has 9 heteroatoms. The molecule has 1 amide bonds. The number of nitrogens with zero attached hydrogens (tertiary/aromatic N) is 4. The number of ether oxygens (including phenoxy) is 1. The quantitative estimate of drug-likeness (QED) is 0.724. The van der Waals surface area contributed by atoms with E-state index >= 15 is 0 Å². The second kappa shape index (κ2) is 7.59. The van der Waals surface area contributed by atoms with Crippen LogP contribution in [0.25, 0.3) is 5.65 Å². The van der Waals surface area contributed by atoms with Crippen molar-refractivity contribution in [2.45, 2.75) is 57.7 Å². The van der Waals surface area contributed by atoms with Crippen LogP contribution in [0.2, 0.25) is 0 Å². The van der Waals surface area contributed by atoms with Gasteiger partial charge < -0.3 is 9.64 Å². The van der Waals surface area contributed by atoms with E-state index in [-0.39, 0.29) is 24.9 Å². The molecule has 2 aromatic rings. The Morgan fingerprint density at radius 2 is 1.93 bits per heavy atom. The van der Waals surface area contributed by atoms with Crippen molar-refractivity contribution in [2.24, 2.45) is 5.92 Å². The summed E-state index contributed by atoms with van der Waals surface area (Å²) < 4.78 is 46.6. The highest BCUT2D eigenvalue weighted by Gasteiger charge is 2.42. The van der Waals surface area contributed by atoms with Crippen molar-refractivity contribution >= 4 is 12.1 Å². The SMILES string of the molecule is Cc1nc2cc([C@H]3CC[C@H](C(F)(F)F)CC3)nn2c(C2CN(C=O)CCO2)c1C. The van der Waals surface area contributed by atoms with E-state index in [9.17, 15) is 18.0 Å². The first-order valence-corrected chi connectivity index (χ1v) is 10.0. The highest BCUT2D eigenvalue weighted by molar-refractivity contribution is 5.49. The first kappa shape index (κ1) is 20.1. The van der Waals surface area contributed by atoms with Gasteiger partial charge in [0.25, 0.3) is 0 Å². The number of halogens is 3. The van der Waals surface area contributed by atoms with Gasteiger partial charge in [0.1, 0.15) is 6.10 Å². The van der Waals surface area contributed by atoms with Crippen LogP contribution in [-0.4, -0.2) is 51.8 Å². The number of carbonyl (C=O) groups is 1. The standard InChI is InChI=1S/C20H25F3N4O2/c1-12-13(2)24-18-9-16(14-3-5-15(6-4-14)20(21,22)23)25-27(18)19(12)17-10-26(11-28)7-8-29-17/h9,11,14-15,17H,3-8,10H2,1-2H3/t14-,15-,17?. The van der Waals surface area contributed by atoms with Crippen molar-refractivity contribution in [1.29, 1.82) is 0 Å². The fraction of sp³-hybridized carbons (Fsp3) is 0.650. The molecule has 0 bridgehead atoms. The van der Waals surface area contributed by atoms with Crippen LogP contribution >= 0.6 is 0 Å². The largest absolute Gasteiger partial charge is 0.391 e. The molecule has 1 atom stereocenters. The number of rotatable bonds is 3. The molecule has 1 aliphatic heterocycles. The third-order valence-corrected chi connectivity index (χ3v) is 6.31. The van der Waals surface area contributed by atoms with Gasteiger partial charge in [0.15, 0.2) is 5.65 Å². The predicted octanol–water partition coefficient (Wildman–Crippen LogP) is 3.71. The van der Waals surface area contributed by atoms with Gasteiger partial charge in [-0.25, -0.2) is 9.50 Å². The summed E-state index contributed by atoms with van der Waals surface area (Å²) >= 11 is 0. The van der Waals surface area contributed by atoms with E-state index in [1.54, 1.807) is 9.42 Å². The molecule has 1 aliphatic carbocycles. The lowest BCUT2D eigenvalue weighted by molar-refractivity contribution is -0.182. The molecule has 3 heterocycles. The molecule has 2 aromatic heterocycles. The van der Waals surface area contributed by atoms with E-state index in [0.717, 1.165) is 29.1 Å². The molecular weight excluding hydrogens is 385 g/mol. The van der Waals surface area contributed by atoms with Crippen molar-refractivity contribution in [3.8, 4) is 0 Å². The van der Waals surface area contributed by atoms with E-state index in [4.69, 9.17) is 9.84 Å².